The minimum Gasteiger partial charge on any atom is -0.497 e. The van der Waals surface area contributed by atoms with Crippen LogP contribution in [0.15, 0.2) is 42.5 Å². The molecular weight excluding hydrogens is 322 g/mol. The molecule has 0 spiro atoms. The van der Waals surface area contributed by atoms with Crippen LogP contribution in [0, 0.1) is 0 Å². The van der Waals surface area contributed by atoms with Gasteiger partial charge in [-0.3, -0.25) is 4.79 Å². The second kappa shape index (κ2) is 7.34. The van der Waals surface area contributed by atoms with Crippen LogP contribution in [0.3, 0.4) is 0 Å². The van der Waals surface area contributed by atoms with Crippen LogP contribution in [0.5, 0.6) is 23.0 Å². The molecule has 0 unspecified atom stereocenters. The maximum atomic E-state index is 12.6. The Morgan fingerprint density at radius 1 is 1.16 bits per heavy atom. The largest absolute Gasteiger partial charge is 0.497 e. The third-order valence-electron chi connectivity index (χ3n) is 4.06. The number of hydrogen-bond donors (Lipinski definition) is 1. The molecule has 0 aliphatic carbocycles. The zero-order valence-corrected chi connectivity index (χ0v) is 14.4. The SMILES string of the molecule is COc1ccc(OC)c([C@@H](C)NC(=O)[C@@H]2COc3ccccc3O2)c1. The Bertz CT molecular complexity index is 761. The van der Waals surface area contributed by atoms with E-state index in [2.05, 4.69) is 5.32 Å². The highest BCUT2D eigenvalue weighted by atomic mass is 16.6. The standard InChI is InChI=1S/C19H21NO5/c1-12(14-10-13(22-2)8-9-15(14)23-3)20-19(21)18-11-24-16-6-4-5-7-17(16)25-18/h4-10,12,18H,11H2,1-3H3,(H,20,21)/t12-,18+/m1/s1. The first-order valence-corrected chi connectivity index (χ1v) is 8.03. The van der Waals surface area contributed by atoms with Crippen molar-refractivity contribution in [1.29, 1.82) is 0 Å². The number of amides is 1. The molecule has 132 valence electrons. The molecule has 0 fully saturated rings. The van der Waals surface area contributed by atoms with E-state index in [1.807, 2.05) is 43.3 Å². The van der Waals surface area contributed by atoms with E-state index in [1.165, 1.54) is 0 Å². The third kappa shape index (κ3) is 3.63. The number of nitrogens with one attached hydrogen (secondary N) is 1. The Kier molecular flexibility index (Phi) is 4.97. The topological polar surface area (TPSA) is 66.0 Å². The van der Waals surface area contributed by atoms with Gasteiger partial charge in [0.25, 0.3) is 5.91 Å². The van der Waals surface area contributed by atoms with Gasteiger partial charge < -0.3 is 24.3 Å². The maximum absolute atomic E-state index is 12.6. The number of rotatable bonds is 5. The Morgan fingerprint density at radius 2 is 1.92 bits per heavy atom. The van der Waals surface area contributed by atoms with Gasteiger partial charge in [0.1, 0.15) is 18.1 Å². The summed E-state index contributed by atoms with van der Waals surface area (Å²) in [5, 5.41) is 2.94. The van der Waals surface area contributed by atoms with Gasteiger partial charge in [0.2, 0.25) is 6.10 Å². The van der Waals surface area contributed by atoms with Gasteiger partial charge in [-0.25, -0.2) is 0 Å². The predicted molar refractivity (Wildman–Crippen MR) is 92.5 cm³/mol. The molecule has 0 aromatic heterocycles. The molecule has 6 nitrogen and oxygen atoms in total. The first kappa shape index (κ1) is 17.0. The molecule has 25 heavy (non-hydrogen) atoms. The van der Waals surface area contributed by atoms with Crippen molar-refractivity contribution in [2.24, 2.45) is 0 Å². The molecule has 0 saturated carbocycles. The van der Waals surface area contributed by atoms with Crippen LogP contribution < -0.4 is 24.3 Å². The highest BCUT2D eigenvalue weighted by molar-refractivity contribution is 5.82. The summed E-state index contributed by atoms with van der Waals surface area (Å²) in [5.74, 6) is 2.35. The number of carbonyl (C=O) groups is 1. The zero-order valence-electron chi connectivity index (χ0n) is 14.4. The Labute approximate surface area is 146 Å². The van der Waals surface area contributed by atoms with Crippen molar-refractivity contribution in [1.82, 2.24) is 5.32 Å². The van der Waals surface area contributed by atoms with Gasteiger partial charge in [0.05, 0.1) is 20.3 Å². The molecule has 0 radical (unpaired) electrons. The van der Waals surface area contributed by atoms with Crippen LogP contribution in [0.25, 0.3) is 0 Å². The van der Waals surface area contributed by atoms with E-state index in [1.54, 1.807) is 20.3 Å². The van der Waals surface area contributed by atoms with Crippen molar-refractivity contribution in [3.8, 4) is 23.0 Å². The van der Waals surface area contributed by atoms with E-state index in [0.717, 1.165) is 5.56 Å². The van der Waals surface area contributed by atoms with Gasteiger partial charge in [-0.05, 0) is 37.3 Å². The third-order valence-corrected chi connectivity index (χ3v) is 4.06. The molecule has 1 amide bonds. The van der Waals surface area contributed by atoms with E-state index in [0.29, 0.717) is 23.0 Å². The van der Waals surface area contributed by atoms with Crippen LogP contribution in [0.4, 0.5) is 0 Å². The fourth-order valence-corrected chi connectivity index (χ4v) is 2.71. The van der Waals surface area contributed by atoms with E-state index in [-0.39, 0.29) is 18.6 Å². The number of fused-ring (bicyclic) bond motifs is 1. The highest BCUT2D eigenvalue weighted by Gasteiger charge is 2.28. The van der Waals surface area contributed by atoms with Gasteiger partial charge in [0.15, 0.2) is 11.5 Å². The molecule has 1 aliphatic rings. The van der Waals surface area contributed by atoms with E-state index in [4.69, 9.17) is 18.9 Å². The van der Waals surface area contributed by atoms with Crippen molar-refractivity contribution < 1.29 is 23.7 Å². The number of ether oxygens (including phenoxy) is 4. The minimum absolute atomic E-state index is 0.171. The molecule has 2 atom stereocenters. The highest BCUT2D eigenvalue weighted by Crippen LogP contribution is 2.32. The van der Waals surface area contributed by atoms with Crippen LogP contribution in [0.2, 0.25) is 0 Å². The van der Waals surface area contributed by atoms with Gasteiger partial charge in [-0.15, -0.1) is 0 Å². The van der Waals surface area contributed by atoms with Crippen LogP contribution >= 0.6 is 0 Å². The van der Waals surface area contributed by atoms with Gasteiger partial charge >= 0.3 is 0 Å². The lowest BCUT2D eigenvalue weighted by molar-refractivity contribution is -0.131. The molecule has 1 N–H and O–H groups in total. The van der Waals surface area contributed by atoms with E-state index >= 15 is 0 Å². The molecule has 2 aromatic rings. The lowest BCUT2D eigenvalue weighted by Crippen LogP contribution is -2.44. The van der Waals surface area contributed by atoms with Crippen LogP contribution in [-0.4, -0.2) is 32.8 Å². The lowest BCUT2D eigenvalue weighted by atomic mass is 10.1. The molecule has 3 rings (SSSR count). The summed E-state index contributed by atoms with van der Waals surface area (Å²) >= 11 is 0. The van der Waals surface area contributed by atoms with Gasteiger partial charge in [0, 0.05) is 5.56 Å². The number of hydrogen-bond acceptors (Lipinski definition) is 5. The number of benzene rings is 2. The van der Waals surface area contributed by atoms with Crippen molar-refractivity contribution >= 4 is 5.91 Å². The smallest absolute Gasteiger partial charge is 0.265 e. The summed E-state index contributed by atoms with van der Waals surface area (Å²) in [6.45, 7) is 2.05. The van der Waals surface area contributed by atoms with Crippen molar-refractivity contribution in [2.45, 2.75) is 19.1 Å². The first-order chi connectivity index (χ1) is 12.1. The van der Waals surface area contributed by atoms with Gasteiger partial charge in [-0.1, -0.05) is 12.1 Å². The lowest BCUT2D eigenvalue weighted by Gasteiger charge is -2.27. The normalized spacial score (nSPS) is 16.7. The molecule has 0 bridgehead atoms. The molecule has 6 heteroatoms. The Balaban J connectivity index is 1.71. The summed E-state index contributed by atoms with van der Waals surface area (Å²) in [6, 6.07) is 12.5. The average Bonchev–Trinajstić information content (AvgIpc) is 2.66. The Hall–Kier alpha value is -2.89. The molecule has 2 aromatic carbocycles. The number of carbonyl (C=O) groups excluding carboxylic acids is 1. The summed E-state index contributed by atoms with van der Waals surface area (Å²) in [6.07, 6.45) is -0.700. The molecule has 1 aliphatic heterocycles. The van der Waals surface area contributed by atoms with Crippen molar-refractivity contribution in [2.75, 3.05) is 20.8 Å². The number of methoxy groups -OCH3 is 2. The average molecular weight is 343 g/mol. The van der Waals surface area contributed by atoms with Crippen molar-refractivity contribution in [3.63, 3.8) is 0 Å². The first-order valence-electron chi connectivity index (χ1n) is 8.03. The summed E-state index contributed by atoms with van der Waals surface area (Å²) in [4.78, 5) is 12.6. The molecule has 1 heterocycles. The van der Waals surface area contributed by atoms with Crippen LogP contribution in [-0.2, 0) is 4.79 Å². The van der Waals surface area contributed by atoms with Crippen LogP contribution in [0.1, 0.15) is 18.5 Å². The monoisotopic (exact) mass is 343 g/mol. The second-order valence-electron chi connectivity index (χ2n) is 5.70. The Morgan fingerprint density at radius 3 is 2.64 bits per heavy atom. The predicted octanol–water partition coefficient (Wildman–Crippen LogP) is 2.72. The van der Waals surface area contributed by atoms with Gasteiger partial charge in [-0.2, -0.15) is 0 Å². The molecule has 0 saturated heterocycles. The molecular formula is C19H21NO5. The maximum Gasteiger partial charge on any atom is 0.265 e. The fraction of sp³-hybridized carbons (Fsp3) is 0.316. The quantitative estimate of drug-likeness (QED) is 0.904. The summed E-state index contributed by atoms with van der Waals surface area (Å²) < 4.78 is 22.0. The summed E-state index contributed by atoms with van der Waals surface area (Å²) in [5.41, 5.74) is 0.826. The minimum atomic E-state index is -0.700. The second-order valence-corrected chi connectivity index (χ2v) is 5.70. The fourth-order valence-electron chi connectivity index (χ4n) is 2.71. The van der Waals surface area contributed by atoms with Crippen molar-refractivity contribution in [3.05, 3.63) is 48.0 Å². The zero-order chi connectivity index (χ0) is 17.8. The number of para-hydroxylation sites is 2. The van der Waals surface area contributed by atoms with E-state index < -0.39 is 6.10 Å². The van der Waals surface area contributed by atoms with E-state index in [9.17, 15) is 4.79 Å². The summed E-state index contributed by atoms with van der Waals surface area (Å²) in [7, 11) is 3.19.